The SMILES string of the molecule is ClC1=CC(C(c2c(Cl)cc(Cl)cc2Cl)c2c(Cl)cc(Cl)cc2Cl)=CC(Cl)C1c1ccc2c(c1)oc1ccccc12. The molecular formula is C31H16Cl8O. The summed E-state index contributed by atoms with van der Waals surface area (Å²) < 4.78 is 6.10. The number of allylic oxidation sites excluding steroid dienone is 4. The molecule has 0 bridgehead atoms. The molecule has 0 saturated carbocycles. The minimum absolute atomic E-state index is 0.322. The summed E-state index contributed by atoms with van der Waals surface area (Å²) in [6.07, 6.45) is 3.79. The molecule has 2 atom stereocenters. The molecule has 1 nitrogen and oxygen atoms in total. The zero-order chi connectivity index (χ0) is 28.3. The lowest BCUT2D eigenvalue weighted by Gasteiger charge is -2.30. The van der Waals surface area contributed by atoms with E-state index in [0.717, 1.165) is 33.1 Å². The highest BCUT2D eigenvalue weighted by Crippen LogP contribution is 2.50. The summed E-state index contributed by atoms with van der Waals surface area (Å²) in [6, 6.07) is 20.4. The smallest absolute Gasteiger partial charge is 0.135 e. The van der Waals surface area contributed by atoms with E-state index < -0.39 is 11.3 Å². The molecule has 0 N–H and O–H groups in total. The fourth-order valence-electron chi connectivity index (χ4n) is 5.32. The van der Waals surface area contributed by atoms with Crippen molar-refractivity contribution in [1.82, 2.24) is 0 Å². The van der Waals surface area contributed by atoms with Crippen LogP contribution in [0.3, 0.4) is 0 Å². The molecule has 1 aromatic heterocycles. The third kappa shape index (κ3) is 5.14. The van der Waals surface area contributed by atoms with Crippen molar-refractivity contribution in [2.75, 3.05) is 0 Å². The van der Waals surface area contributed by atoms with Gasteiger partial charge in [-0.05, 0) is 53.6 Å². The van der Waals surface area contributed by atoms with E-state index in [9.17, 15) is 0 Å². The quantitative estimate of drug-likeness (QED) is 0.171. The second-order valence-electron chi connectivity index (χ2n) is 9.47. The maximum absolute atomic E-state index is 7.06. The van der Waals surface area contributed by atoms with Crippen LogP contribution < -0.4 is 0 Å². The molecule has 6 rings (SSSR count). The molecule has 1 aliphatic rings. The predicted molar refractivity (Wildman–Crippen MR) is 173 cm³/mol. The van der Waals surface area contributed by atoms with Gasteiger partial charge < -0.3 is 4.42 Å². The summed E-state index contributed by atoms with van der Waals surface area (Å²) in [5.74, 6) is -0.930. The zero-order valence-electron chi connectivity index (χ0n) is 20.2. The number of furan rings is 1. The van der Waals surface area contributed by atoms with Crippen LogP contribution >= 0.6 is 92.8 Å². The van der Waals surface area contributed by atoms with Gasteiger partial charge in [0.25, 0.3) is 0 Å². The molecule has 4 aromatic carbocycles. The van der Waals surface area contributed by atoms with Crippen LogP contribution in [0.2, 0.25) is 30.1 Å². The topological polar surface area (TPSA) is 13.1 Å². The Morgan fingerprint density at radius 2 is 1.18 bits per heavy atom. The van der Waals surface area contributed by atoms with Gasteiger partial charge in [-0.25, -0.2) is 0 Å². The summed E-state index contributed by atoms with van der Waals surface area (Å²) in [4.78, 5) is 0. The molecule has 2 unspecified atom stereocenters. The van der Waals surface area contributed by atoms with E-state index in [0.29, 0.717) is 46.3 Å². The fraction of sp³-hybridized carbons (Fsp3) is 0.0968. The fourth-order valence-corrected chi connectivity index (χ4v) is 8.27. The first-order valence-electron chi connectivity index (χ1n) is 12.1. The van der Waals surface area contributed by atoms with Gasteiger partial charge >= 0.3 is 0 Å². The Bertz CT molecular complexity index is 1770. The highest BCUT2D eigenvalue weighted by atomic mass is 35.5. The second kappa shape index (κ2) is 11.3. The van der Waals surface area contributed by atoms with E-state index in [1.165, 1.54) is 0 Å². The molecule has 0 aliphatic heterocycles. The first-order valence-corrected chi connectivity index (χ1v) is 15.1. The second-order valence-corrected chi connectivity index (χ2v) is 12.9. The summed E-state index contributed by atoms with van der Waals surface area (Å²) >= 11 is 53.4. The largest absolute Gasteiger partial charge is 0.456 e. The van der Waals surface area contributed by atoms with Crippen LogP contribution in [0.5, 0.6) is 0 Å². The first-order chi connectivity index (χ1) is 19.1. The van der Waals surface area contributed by atoms with Gasteiger partial charge in [-0.15, -0.1) is 11.6 Å². The molecule has 0 radical (unpaired) electrons. The number of hydrogen-bond acceptors (Lipinski definition) is 1. The summed E-state index contributed by atoms with van der Waals surface area (Å²) in [5, 5.41) is 4.26. The highest BCUT2D eigenvalue weighted by molar-refractivity contribution is 6.41. The lowest BCUT2D eigenvalue weighted by atomic mass is 9.79. The Balaban J connectivity index is 1.48. The van der Waals surface area contributed by atoms with E-state index in [1.54, 1.807) is 24.3 Å². The number of halogens is 8. The molecule has 202 valence electrons. The minimum atomic E-state index is -0.608. The average Bonchev–Trinajstić information content (AvgIpc) is 3.24. The van der Waals surface area contributed by atoms with Gasteiger partial charge in [-0.2, -0.15) is 0 Å². The molecular weight excluding hydrogens is 672 g/mol. The number of fused-ring (bicyclic) bond motifs is 3. The molecule has 1 heterocycles. The van der Waals surface area contributed by atoms with E-state index >= 15 is 0 Å². The van der Waals surface area contributed by atoms with Crippen LogP contribution in [0.1, 0.15) is 28.5 Å². The van der Waals surface area contributed by atoms with Gasteiger partial charge in [0.15, 0.2) is 0 Å². The third-order valence-electron chi connectivity index (χ3n) is 7.03. The Labute approximate surface area is 270 Å². The van der Waals surface area contributed by atoms with Gasteiger partial charge in [0.2, 0.25) is 0 Å². The average molecular weight is 688 g/mol. The standard InChI is InChI=1S/C31H16Cl8O/c32-16-10-22(36)30(23(37)11-16)29(31-24(38)12-17(33)13-25(31)39)15-7-20(34)28(21(35)8-15)14-5-6-19-18-3-1-2-4-26(18)40-27(19)9-14/h1-13,20,28-29H. The highest BCUT2D eigenvalue weighted by Gasteiger charge is 2.34. The Morgan fingerprint density at radius 1 is 0.625 bits per heavy atom. The summed E-state index contributed by atoms with van der Waals surface area (Å²) in [6.45, 7) is 0. The number of para-hydroxylation sites is 1. The van der Waals surface area contributed by atoms with Crippen molar-refractivity contribution in [2.24, 2.45) is 0 Å². The molecule has 40 heavy (non-hydrogen) atoms. The van der Waals surface area contributed by atoms with Crippen LogP contribution in [-0.2, 0) is 0 Å². The number of benzene rings is 4. The van der Waals surface area contributed by atoms with Gasteiger partial charge in [0, 0.05) is 68.9 Å². The van der Waals surface area contributed by atoms with Crippen LogP contribution in [0.25, 0.3) is 21.9 Å². The van der Waals surface area contributed by atoms with Crippen LogP contribution in [0, 0.1) is 0 Å². The number of hydrogen-bond donors (Lipinski definition) is 0. The molecule has 0 fully saturated rings. The first kappa shape index (κ1) is 28.6. The molecule has 1 aliphatic carbocycles. The van der Waals surface area contributed by atoms with Crippen molar-refractivity contribution < 1.29 is 4.42 Å². The van der Waals surface area contributed by atoms with Crippen molar-refractivity contribution in [3.05, 3.63) is 136 Å². The Hall–Kier alpha value is -1.52. The van der Waals surface area contributed by atoms with Crippen molar-refractivity contribution in [3.8, 4) is 0 Å². The summed E-state index contributed by atoms with van der Waals surface area (Å²) in [5.41, 5.74) is 4.36. The zero-order valence-corrected chi connectivity index (χ0v) is 26.2. The van der Waals surface area contributed by atoms with Gasteiger partial charge in [-0.3, -0.25) is 0 Å². The third-order valence-corrected chi connectivity index (χ3v) is 9.44. The molecule has 0 spiro atoms. The van der Waals surface area contributed by atoms with E-state index in [-0.39, 0.29) is 5.92 Å². The predicted octanol–water partition coefficient (Wildman–Crippen LogP) is 13.1. The molecule has 5 aromatic rings. The summed E-state index contributed by atoms with van der Waals surface area (Å²) in [7, 11) is 0. The van der Waals surface area contributed by atoms with E-state index in [4.69, 9.17) is 97.2 Å². The van der Waals surface area contributed by atoms with Crippen LogP contribution in [0.4, 0.5) is 0 Å². The lowest BCUT2D eigenvalue weighted by Crippen LogP contribution is -2.19. The monoisotopic (exact) mass is 684 g/mol. The minimum Gasteiger partial charge on any atom is -0.456 e. The van der Waals surface area contributed by atoms with Crippen molar-refractivity contribution in [1.29, 1.82) is 0 Å². The van der Waals surface area contributed by atoms with Gasteiger partial charge in [0.05, 0.1) is 5.38 Å². The van der Waals surface area contributed by atoms with Gasteiger partial charge in [-0.1, -0.05) is 118 Å². The van der Waals surface area contributed by atoms with E-state index in [1.807, 2.05) is 54.6 Å². The lowest BCUT2D eigenvalue weighted by molar-refractivity contribution is 0.667. The Morgan fingerprint density at radius 3 is 1.75 bits per heavy atom. The van der Waals surface area contributed by atoms with Crippen LogP contribution in [-0.4, -0.2) is 5.38 Å². The van der Waals surface area contributed by atoms with Crippen molar-refractivity contribution >= 4 is 115 Å². The maximum atomic E-state index is 7.06. The van der Waals surface area contributed by atoms with Crippen molar-refractivity contribution in [3.63, 3.8) is 0 Å². The normalized spacial score (nSPS) is 17.5. The van der Waals surface area contributed by atoms with E-state index in [2.05, 4.69) is 0 Å². The van der Waals surface area contributed by atoms with Crippen LogP contribution in [0.15, 0.2) is 93.9 Å². The number of alkyl halides is 1. The van der Waals surface area contributed by atoms with Crippen molar-refractivity contribution in [2.45, 2.75) is 17.2 Å². The maximum Gasteiger partial charge on any atom is 0.135 e. The molecule has 0 amide bonds. The molecule has 0 saturated heterocycles. The van der Waals surface area contributed by atoms with Gasteiger partial charge in [0.1, 0.15) is 11.2 Å². The molecule has 9 heteroatoms. The number of rotatable bonds is 4. The Kier molecular flexibility index (Phi) is 8.07.